The Kier molecular flexibility index (Phi) is 5.43. The number of nitrogens with zero attached hydrogens (tertiary/aromatic N) is 2. The lowest BCUT2D eigenvalue weighted by Gasteiger charge is -2.37. The van der Waals surface area contributed by atoms with Crippen molar-refractivity contribution in [1.29, 1.82) is 0 Å². The van der Waals surface area contributed by atoms with Gasteiger partial charge < -0.3 is 15.1 Å². The van der Waals surface area contributed by atoms with Crippen molar-refractivity contribution in [1.82, 2.24) is 4.90 Å². The Morgan fingerprint density at radius 2 is 1.75 bits per heavy atom. The average molecular weight is 350 g/mol. The molecule has 3 rings (SSSR count). The largest absolute Gasteiger partial charge is 0.372 e. The number of rotatable bonds is 2. The first kappa shape index (κ1) is 17.3. The summed E-state index contributed by atoms with van der Waals surface area (Å²) in [7, 11) is -0.832. The molecule has 2 aliphatic heterocycles. The molecule has 24 heavy (non-hydrogen) atoms. The molecule has 5 nitrogen and oxygen atoms in total. The van der Waals surface area contributed by atoms with E-state index in [0.29, 0.717) is 12.3 Å². The zero-order valence-electron chi connectivity index (χ0n) is 14.5. The van der Waals surface area contributed by atoms with Crippen molar-refractivity contribution in [3.63, 3.8) is 0 Å². The van der Waals surface area contributed by atoms with Gasteiger partial charge >= 0.3 is 6.03 Å². The number of urea groups is 1. The van der Waals surface area contributed by atoms with Crippen molar-refractivity contribution in [3.05, 3.63) is 24.3 Å². The van der Waals surface area contributed by atoms with E-state index in [1.54, 1.807) is 4.90 Å². The van der Waals surface area contributed by atoms with Crippen molar-refractivity contribution < 1.29 is 9.00 Å². The molecule has 3 atom stereocenters. The molecule has 1 N–H and O–H groups in total. The third-order valence-corrected chi connectivity index (χ3v) is 7.03. The summed E-state index contributed by atoms with van der Waals surface area (Å²) in [6, 6.07) is 8.00. The van der Waals surface area contributed by atoms with Crippen LogP contribution in [0.2, 0.25) is 0 Å². The van der Waals surface area contributed by atoms with Crippen LogP contribution >= 0.6 is 0 Å². The lowest BCUT2D eigenvalue weighted by molar-refractivity contribution is 0.193. The van der Waals surface area contributed by atoms with Gasteiger partial charge in [0.2, 0.25) is 0 Å². The van der Waals surface area contributed by atoms with Gasteiger partial charge in [0.1, 0.15) is 0 Å². The normalized spacial score (nSPS) is 27.8. The molecule has 0 aliphatic carbocycles. The van der Waals surface area contributed by atoms with Gasteiger partial charge in [-0.15, -0.1) is 0 Å². The van der Waals surface area contributed by atoms with E-state index in [0.717, 1.165) is 18.8 Å². The third kappa shape index (κ3) is 3.74. The minimum Gasteiger partial charge on any atom is -0.372 e. The highest BCUT2D eigenvalue weighted by Gasteiger charge is 2.32. The molecule has 0 bridgehead atoms. The van der Waals surface area contributed by atoms with Crippen LogP contribution in [0.1, 0.15) is 33.1 Å². The molecule has 1 aromatic rings. The molecule has 0 spiro atoms. The third-order valence-electron chi connectivity index (χ3n) is 5.22. The molecule has 2 saturated heterocycles. The fourth-order valence-electron chi connectivity index (χ4n) is 3.44. The van der Waals surface area contributed by atoms with Crippen LogP contribution in [0.4, 0.5) is 16.2 Å². The van der Waals surface area contributed by atoms with E-state index in [9.17, 15) is 9.00 Å². The molecule has 1 aromatic carbocycles. The van der Waals surface area contributed by atoms with Gasteiger partial charge in [-0.25, -0.2) is 4.79 Å². The number of piperidine rings is 1. The Morgan fingerprint density at radius 3 is 2.42 bits per heavy atom. The van der Waals surface area contributed by atoms with E-state index >= 15 is 0 Å². The Balaban J connectivity index is 1.61. The van der Waals surface area contributed by atoms with Crippen LogP contribution in [-0.2, 0) is 10.8 Å². The standard InChI is InChI=1S/C18H27N3O2S/c1-14-15(2)24(23)13-12-21(14)18(22)19-16-6-8-17(9-7-16)20-10-4-3-5-11-20/h6-9,14-15H,3-5,10-13H2,1-2H3,(H,19,22)/t14-,15+,24+/m1/s1. The lowest BCUT2D eigenvalue weighted by atomic mass is 10.1. The van der Waals surface area contributed by atoms with Crippen molar-refractivity contribution in [2.75, 3.05) is 35.6 Å². The lowest BCUT2D eigenvalue weighted by Crippen LogP contribution is -2.53. The van der Waals surface area contributed by atoms with Crippen molar-refractivity contribution >= 4 is 28.2 Å². The van der Waals surface area contributed by atoms with Gasteiger partial charge in [0, 0.05) is 53.6 Å². The summed E-state index contributed by atoms with van der Waals surface area (Å²) in [5, 5.41) is 3.00. The maximum atomic E-state index is 12.5. The summed E-state index contributed by atoms with van der Waals surface area (Å²) in [4.78, 5) is 16.7. The van der Waals surface area contributed by atoms with Gasteiger partial charge in [-0.05, 0) is 57.4 Å². The maximum Gasteiger partial charge on any atom is 0.322 e. The minimum atomic E-state index is -0.832. The van der Waals surface area contributed by atoms with Crippen molar-refractivity contribution in [3.8, 4) is 0 Å². The second-order valence-electron chi connectivity index (χ2n) is 6.75. The Bertz CT molecular complexity index is 599. The van der Waals surface area contributed by atoms with E-state index in [4.69, 9.17) is 0 Å². The van der Waals surface area contributed by atoms with E-state index < -0.39 is 10.8 Å². The smallest absolute Gasteiger partial charge is 0.322 e. The topological polar surface area (TPSA) is 52.7 Å². The van der Waals surface area contributed by atoms with Crippen LogP contribution in [0, 0.1) is 0 Å². The number of nitrogens with one attached hydrogen (secondary N) is 1. The van der Waals surface area contributed by atoms with Crippen LogP contribution in [0.15, 0.2) is 24.3 Å². The average Bonchev–Trinajstić information content (AvgIpc) is 2.61. The van der Waals surface area contributed by atoms with E-state index in [1.165, 1.54) is 24.9 Å². The number of carbonyl (C=O) groups is 1. The summed E-state index contributed by atoms with van der Waals surface area (Å²) in [6.07, 6.45) is 3.83. The Hall–Kier alpha value is -1.56. The number of carbonyl (C=O) groups excluding carboxylic acids is 1. The van der Waals surface area contributed by atoms with Crippen LogP contribution in [0.25, 0.3) is 0 Å². The summed E-state index contributed by atoms with van der Waals surface area (Å²) in [5.74, 6) is 0.562. The van der Waals surface area contributed by atoms with Crippen LogP contribution in [0.3, 0.4) is 0 Å². The number of amides is 2. The van der Waals surface area contributed by atoms with Gasteiger partial charge in [-0.2, -0.15) is 0 Å². The van der Waals surface area contributed by atoms with Crippen LogP contribution in [-0.4, -0.2) is 51.8 Å². The zero-order chi connectivity index (χ0) is 17.1. The SMILES string of the molecule is C[C@@H]1[C@H](C)[S@@](=O)CCN1C(=O)Nc1ccc(N2CCCCC2)cc1. The molecule has 2 aliphatic rings. The fourth-order valence-corrected chi connectivity index (χ4v) is 4.78. The highest BCUT2D eigenvalue weighted by Crippen LogP contribution is 2.23. The predicted molar refractivity (Wildman–Crippen MR) is 100 cm³/mol. The predicted octanol–water partition coefficient (Wildman–Crippen LogP) is 3.05. The highest BCUT2D eigenvalue weighted by molar-refractivity contribution is 7.85. The summed E-state index contributed by atoms with van der Waals surface area (Å²) in [5.41, 5.74) is 2.04. The van der Waals surface area contributed by atoms with E-state index in [2.05, 4.69) is 22.3 Å². The first-order chi connectivity index (χ1) is 11.6. The van der Waals surface area contributed by atoms with Gasteiger partial charge in [0.25, 0.3) is 0 Å². The summed E-state index contributed by atoms with van der Waals surface area (Å²) >= 11 is 0. The monoisotopic (exact) mass is 349 g/mol. The summed E-state index contributed by atoms with van der Waals surface area (Å²) in [6.45, 7) is 6.71. The molecule has 2 fully saturated rings. The molecular formula is C18H27N3O2S. The molecule has 132 valence electrons. The highest BCUT2D eigenvalue weighted by atomic mass is 32.2. The Morgan fingerprint density at radius 1 is 1.08 bits per heavy atom. The fraction of sp³-hybridized carbons (Fsp3) is 0.611. The van der Waals surface area contributed by atoms with E-state index in [-0.39, 0.29) is 17.3 Å². The number of hydrogen-bond donors (Lipinski definition) is 1. The molecule has 2 heterocycles. The van der Waals surface area contributed by atoms with E-state index in [1.807, 2.05) is 26.0 Å². The quantitative estimate of drug-likeness (QED) is 0.893. The molecule has 0 radical (unpaired) electrons. The first-order valence-corrected chi connectivity index (χ1v) is 10.2. The van der Waals surface area contributed by atoms with Crippen molar-refractivity contribution in [2.45, 2.75) is 44.4 Å². The van der Waals surface area contributed by atoms with Crippen LogP contribution < -0.4 is 10.2 Å². The van der Waals surface area contributed by atoms with Gasteiger partial charge in [-0.1, -0.05) is 0 Å². The second-order valence-corrected chi connectivity index (χ2v) is 8.66. The molecule has 0 aromatic heterocycles. The number of hydrogen-bond acceptors (Lipinski definition) is 3. The molecular weight excluding hydrogens is 322 g/mol. The second kappa shape index (κ2) is 7.55. The molecule has 2 amide bonds. The zero-order valence-corrected chi connectivity index (χ0v) is 15.3. The maximum absolute atomic E-state index is 12.5. The number of anilines is 2. The van der Waals surface area contributed by atoms with Crippen molar-refractivity contribution in [2.24, 2.45) is 0 Å². The summed E-state index contributed by atoms with van der Waals surface area (Å²) < 4.78 is 11.9. The number of benzene rings is 1. The Labute approximate surface area is 146 Å². The first-order valence-electron chi connectivity index (χ1n) is 8.86. The minimum absolute atomic E-state index is 0.00722. The van der Waals surface area contributed by atoms with Gasteiger partial charge in [-0.3, -0.25) is 4.21 Å². The molecule has 0 saturated carbocycles. The molecule has 6 heteroatoms. The molecule has 0 unspecified atom stereocenters. The van der Waals surface area contributed by atoms with Crippen LogP contribution in [0.5, 0.6) is 0 Å². The van der Waals surface area contributed by atoms with Gasteiger partial charge in [0.15, 0.2) is 0 Å². The van der Waals surface area contributed by atoms with Gasteiger partial charge in [0.05, 0.1) is 5.25 Å².